The molecule has 1 aromatic carbocycles. The molecule has 114 valence electrons. The van der Waals surface area contributed by atoms with Crippen molar-refractivity contribution in [3.8, 4) is 16.9 Å². The summed E-state index contributed by atoms with van der Waals surface area (Å²) in [6, 6.07) is 7.60. The lowest BCUT2D eigenvalue weighted by molar-refractivity contribution is 0.465. The lowest BCUT2D eigenvalue weighted by atomic mass is 9.98. The Hall–Kier alpha value is -2.56. The number of fused-ring (bicyclic) bond motifs is 1. The van der Waals surface area contributed by atoms with Gasteiger partial charge in [-0.25, -0.2) is 0 Å². The van der Waals surface area contributed by atoms with E-state index in [1.807, 2.05) is 49.7 Å². The third-order valence-electron chi connectivity index (χ3n) is 4.21. The summed E-state index contributed by atoms with van der Waals surface area (Å²) in [4.78, 5) is 12.4. The normalized spacial score (nSPS) is 11.3. The summed E-state index contributed by atoms with van der Waals surface area (Å²) in [5.74, 6) is -0.219. The van der Waals surface area contributed by atoms with Crippen LogP contribution in [0.4, 0.5) is 0 Å². The Morgan fingerprint density at radius 3 is 2.50 bits per heavy atom. The predicted molar refractivity (Wildman–Crippen MR) is 87.2 cm³/mol. The fourth-order valence-corrected chi connectivity index (χ4v) is 3.10. The average Bonchev–Trinajstić information content (AvgIpc) is 2.80. The molecule has 2 heterocycles. The maximum atomic E-state index is 12.4. The van der Waals surface area contributed by atoms with E-state index in [2.05, 4.69) is 5.10 Å². The lowest BCUT2D eigenvalue weighted by Gasteiger charge is -2.13. The minimum absolute atomic E-state index is 0.219. The second kappa shape index (κ2) is 5.02. The molecular formula is C17H19N3O2. The molecular weight excluding hydrogens is 278 g/mol. The Kier molecular flexibility index (Phi) is 3.28. The summed E-state index contributed by atoms with van der Waals surface area (Å²) in [7, 11) is 1.67. The summed E-state index contributed by atoms with van der Waals surface area (Å²) in [5.41, 5.74) is 3.59. The van der Waals surface area contributed by atoms with E-state index in [0.29, 0.717) is 5.56 Å². The average molecular weight is 297 g/mol. The topological polar surface area (TPSA) is 60.0 Å². The number of aromatic nitrogens is 3. The van der Waals surface area contributed by atoms with Gasteiger partial charge in [-0.2, -0.15) is 5.10 Å². The molecule has 0 amide bonds. The van der Waals surface area contributed by atoms with Gasteiger partial charge in [0.05, 0.1) is 11.2 Å². The molecule has 0 aliphatic heterocycles. The molecule has 0 spiro atoms. The van der Waals surface area contributed by atoms with Gasteiger partial charge >= 0.3 is 0 Å². The smallest absolute Gasteiger partial charge is 0.293 e. The van der Waals surface area contributed by atoms with Crippen molar-refractivity contribution in [1.82, 2.24) is 14.3 Å². The van der Waals surface area contributed by atoms with Crippen LogP contribution < -0.4 is 5.56 Å². The van der Waals surface area contributed by atoms with Gasteiger partial charge < -0.3 is 9.67 Å². The lowest BCUT2D eigenvalue weighted by Crippen LogP contribution is -2.17. The highest BCUT2D eigenvalue weighted by Gasteiger charge is 2.21. The first-order valence-corrected chi connectivity index (χ1v) is 7.32. The Labute approximate surface area is 128 Å². The summed E-state index contributed by atoms with van der Waals surface area (Å²) in [5, 5.41) is 15.8. The van der Waals surface area contributed by atoms with Crippen LogP contribution in [0.3, 0.4) is 0 Å². The van der Waals surface area contributed by atoms with E-state index >= 15 is 0 Å². The molecule has 0 saturated heterocycles. The van der Waals surface area contributed by atoms with Crippen LogP contribution in [0.25, 0.3) is 22.0 Å². The number of para-hydroxylation sites is 1. The monoisotopic (exact) mass is 297 g/mol. The molecule has 0 unspecified atom stereocenters. The Bertz CT molecular complexity index is 935. The van der Waals surface area contributed by atoms with Crippen LogP contribution in [0.15, 0.2) is 29.1 Å². The summed E-state index contributed by atoms with van der Waals surface area (Å²) < 4.78 is 3.36. The molecule has 3 rings (SSSR count). The number of nitrogens with zero attached hydrogens (tertiary/aromatic N) is 3. The first kappa shape index (κ1) is 14.4. The fraction of sp³-hybridized carbons (Fsp3) is 0.294. The molecule has 5 heteroatoms. The van der Waals surface area contributed by atoms with Crippen molar-refractivity contribution in [1.29, 1.82) is 0 Å². The van der Waals surface area contributed by atoms with E-state index in [0.717, 1.165) is 34.4 Å². The number of pyridine rings is 1. The van der Waals surface area contributed by atoms with E-state index in [4.69, 9.17) is 0 Å². The second-order valence-corrected chi connectivity index (χ2v) is 5.47. The molecule has 2 aromatic heterocycles. The highest BCUT2D eigenvalue weighted by Crippen LogP contribution is 2.37. The van der Waals surface area contributed by atoms with Gasteiger partial charge in [-0.3, -0.25) is 9.48 Å². The Morgan fingerprint density at radius 2 is 1.86 bits per heavy atom. The maximum absolute atomic E-state index is 12.4. The molecule has 0 atom stereocenters. The molecule has 0 aliphatic rings. The van der Waals surface area contributed by atoms with Gasteiger partial charge in [-0.1, -0.05) is 18.2 Å². The van der Waals surface area contributed by atoms with E-state index in [1.165, 1.54) is 4.57 Å². The zero-order valence-corrected chi connectivity index (χ0v) is 13.2. The van der Waals surface area contributed by atoms with Gasteiger partial charge in [0.2, 0.25) is 0 Å². The Morgan fingerprint density at radius 1 is 1.18 bits per heavy atom. The van der Waals surface area contributed by atoms with Crippen LogP contribution in [0, 0.1) is 13.8 Å². The molecule has 0 radical (unpaired) electrons. The quantitative estimate of drug-likeness (QED) is 0.791. The van der Waals surface area contributed by atoms with Crippen LogP contribution in [-0.2, 0) is 13.6 Å². The highest BCUT2D eigenvalue weighted by molar-refractivity contribution is 5.98. The standard InChI is InChI=1S/C17H19N3O2/c1-5-20-11(3)14(10(2)18-20)15-12-8-6-7-9-13(12)19(4)17(22)16(15)21/h6-9,21H,5H2,1-4H3. The van der Waals surface area contributed by atoms with Crippen molar-refractivity contribution in [2.75, 3.05) is 0 Å². The molecule has 5 nitrogen and oxygen atoms in total. The third-order valence-corrected chi connectivity index (χ3v) is 4.21. The van der Waals surface area contributed by atoms with Gasteiger partial charge in [-0.15, -0.1) is 0 Å². The van der Waals surface area contributed by atoms with Crippen molar-refractivity contribution >= 4 is 10.9 Å². The largest absolute Gasteiger partial charge is 0.503 e. The summed E-state index contributed by atoms with van der Waals surface area (Å²) in [6.07, 6.45) is 0. The number of aromatic hydroxyl groups is 1. The zero-order chi connectivity index (χ0) is 16.0. The van der Waals surface area contributed by atoms with E-state index in [1.54, 1.807) is 7.05 Å². The van der Waals surface area contributed by atoms with Crippen molar-refractivity contribution in [3.05, 3.63) is 46.0 Å². The first-order valence-electron chi connectivity index (χ1n) is 7.32. The van der Waals surface area contributed by atoms with Crippen LogP contribution in [0.1, 0.15) is 18.3 Å². The third kappa shape index (κ3) is 1.85. The molecule has 0 aliphatic carbocycles. The first-order chi connectivity index (χ1) is 10.5. The molecule has 0 bridgehead atoms. The van der Waals surface area contributed by atoms with E-state index < -0.39 is 5.56 Å². The molecule has 1 N–H and O–H groups in total. The van der Waals surface area contributed by atoms with Crippen molar-refractivity contribution in [2.24, 2.45) is 7.05 Å². The van der Waals surface area contributed by atoms with Gasteiger partial charge in [0.1, 0.15) is 0 Å². The van der Waals surface area contributed by atoms with Crippen LogP contribution in [0.5, 0.6) is 5.75 Å². The predicted octanol–water partition coefficient (Wildman–Crippen LogP) is 2.74. The second-order valence-electron chi connectivity index (χ2n) is 5.47. The molecule has 0 fully saturated rings. The summed E-state index contributed by atoms with van der Waals surface area (Å²) in [6.45, 7) is 6.63. The summed E-state index contributed by atoms with van der Waals surface area (Å²) >= 11 is 0. The van der Waals surface area contributed by atoms with E-state index in [-0.39, 0.29) is 5.75 Å². The van der Waals surface area contributed by atoms with Crippen molar-refractivity contribution < 1.29 is 5.11 Å². The maximum Gasteiger partial charge on any atom is 0.293 e. The molecule has 0 saturated carbocycles. The van der Waals surface area contributed by atoms with E-state index in [9.17, 15) is 9.90 Å². The molecule has 3 aromatic rings. The van der Waals surface area contributed by atoms with Crippen LogP contribution in [0.2, 0.25) is 0 Å². The fourth-order valence-electron chi connectivity index (χ4n) is 3.10. The van der Waals surface area contributed by atoms with Crippen LogP contribution in [-0.4, -0.2) is 19.5 Å². The number of benzene rings is 1. The minimum Gasteiger partial charge on any atom is -0.503 e. The van der Waals surface area contributed by atoms with Crippen molar-refractivity contribution in [3.63, 3.8) is 0 Å². The van der Waals surface area contributed by atoms with Crippen LogP contribution >= 0.6 is 0 Å². The highest BCUT2D eigenvalue weighted by atomic mass is 16.3. The van der Waals surface area contributed by atoms with Gasteiger partial charge in [0.15, 0.2) is 5.75 Å². The van der Waals surface area contributed by atoms with Gasteiger partial charge in [0, 0.05) is 35.8 Å². The van der Waals surface area contributed by atoms with Crippen molar-refractivity contribution in [2.45, 2.75) is 27.3 Å². The number of hydrogen-bond acceptors (Lipinski definition) is 3. The Balaban J connectivity index is 2.52. The number of aryl methyl sites for hydroxylation is 3. The minimum atomic E-state index is -0.392. The van der Waals surface area contributed by atoms with Gasteiger partial charge in [0.25, 0.3) is 5.56 Å². The molecule has 22 heavy (non-hydrogen) atoms. The number of rotatable bonds is 2. The SMILES string of the molecule is CCn1nc(C)c(-c2c(O)c(=O)n(C)c3ccccc23)c1C. The number of hydrogen-bond donors (Lipinski definition) is 1. The van der Waals surface area contributed by atoms with Gasteiger partial charge in [-0.05, 0) is 26.8 Å². The zero-order valence-electron chi connectivity index (χ0n) is 13.2.